The van der Waals surface area contributed by atoms with Crippen molar-refractivity contribution in [2.75, 3.05) is 6.61 Å². The molecule has 1 fully saturated rings. The fourth-order valence-corrected chi connectivity index (χ4v) is 7.38. The topological polar surface area (TPSA) is 114 Å². The zero-order chi connectivity index (χ0) is 35.9. The van der Waals surface area contributed by atoms with Crippen LogP contribution in [0, 0.1) is 0 Å². The molecule has 0 radical (unpaired) electrons. The summed E-state index contributed by atoms with van der Waals surface area (Å²) in [6.45, 7) is 11.0. The molecular weight excluding hydrogens is 647 g/mol. The van der Waals surface area contributed by atoms with Gasteiger partial charge in [-0.1, -0.05) is 93.6 Å². The summed E-state index contributed by atoms with van der Waals surface area (Å²) in [5.74, 6) is -1.38. The van der Waals surface area contributed by atoms with E-state index in [-0.39, 0.29) is 48.4 Å². The average Bonchev–Trinajstić information content (AvgIpc) is 3.09. The Kier molecular flexibility index (Phi) is 12.0. The molecule has 2 aliphatic heterocycles. The largest absolute Gasteiger partial charge is 0.461 e. The Bertz CT molecular complexity index is 1700. The van der Waals surface area contributed by atoms with Crippen LogP contribution in [0.3, 0.4) is 0 Å². The second-order valence-corrected chi connectivity index (χ2v) is 19.8. The van der Waals surface area contributed by atoms with Gasteiger partial charge in [-0.05, 0) is 78.7 Å². The fourth-order valence-electron chi connectivity index (χ4n) is 6.33. The number of benzene rings is 3. The Hall–Kier alpha value is -4.28. The van der Waals surface area contributed by atoms with Crippen LogP contribution in [0.5, 0.6) is 0 Å². The number of nitrogens with zero attached hydrogens (tertiary/aromatic N) is 1. The average molecular weight is 698 g/mol. The third-order valence-corrected chi connectivity index (χ3v) is 14.8. The third-order valence-electron chi connectivity index (χ3n) is 10.3. The predicted molar refractivity (Wildman–Crippen MR) is 198 cm³/mol. The molecule has 3 amide bonds. The molecule has 50 heavy (non-hydrogen) atoms. The van der Waals surface area contributed by atoms with Crippen molar-refractivity contribution in [2.45, 2.75) is 108 Å². The van der Waals surface area contributed by atoms with E-state index < -0.39 is 32.4 Å². The molecule has 2 N–H and O–H groups in total. The van der Waals surface area contributed by atoms with Crippen LogP contribution in [0.15, 0.2) is 84.9 Å². The fraction of sp³-hybridized carbons (Fsp3) is 0.450. The maximum Gasteiger partial charge on any atom is 0.308 e. The van der Waals surface area contributed by atoms with Crippen molar-refractivity contribution in [3.63, 3.8) is 0 Å². The number of amides is 3. The normalized spacial score (nSPS) is 20.3. The second kappa shape index (κ2) is 16.2. The highest BCUT2D eigenvalue weighted by atomic mass is 28.4. The predicted octanol–water partition coefficient (Wildman–Crippen LogP) is 6.68. The van der Waals surface area contributed by atoms with Crippen LogP contribution in [-0.2, 0) is 30.2 Å². The number of carbonyl (C=O) groups excluding carboxylic acids is 4. The van der Waals surface area contributed by atoms with Crippen molar-refractivity contribution in [1.29, 1.82) is 0 Å². The number of esters is 1. The first-order chi connectivity index (χ1) is 23.8. The Balaban J connectivity index is 1.31. The summed E-state index contributed by atoms with van der Waals surface area (Å²) in [5, 5.41) is 7.95. The second-order valence-electron chi connectivity index (χ2n) is 15.0. The van der Waals surface area contributed by atoms with E-state index in [1.807, 2.05) is 78.9 Å². The summed E-state index contributed by atoms with van der Waals surface area (Å²) in [6, 6.07) is 20.3. The van der Waals surface area contributed by atoms with Gasteiger partial charge >= 0.3 is 5.97 Å². The Morgan fingerprint density at radius 2 is 1.62 bits per heavy atom. The summed E-state index contributed by atoms with van der Waals surface area (Å²) < 4.78 is 12.1. The van der Waals surface area contributed by atoms with Gasteiger partial charge in [-0.2, -0.15) is 0 Å². The first kappa shape index (κ1) is 37.0. The van der Waals surface area contributed by atoms with Crippen molar-refractivity contribution >= 4 is 42.8 Å². The van der Waals surface area contributed by atoms with E-state index in [1.165, 1.54) is 0 Å². The van der Waals surface area contributed by atoms with Crippen LogP contribution >= 0.6 is 0 Å². The summed E-state index contributed by atoms with van der Waals surface area (Å²) >= 11 is 0. The molecule has 3 aromatic rings. The Labute approximate surface area is 296 Å². The van der Waals surface area contributed by atoms with Gasteiger partial charge in [0.15, 0.2) is 8.32 Å². The highest BCUT2D eigenvalue weighted by Gasteiger charge is 2.42. The molecular formula is C40H51N3O6Si. The molecule has 2 aliphatic rings. The standard InChI is InChI=1S/C40H51N3O6Si/c1-40(2,3)50(4,5)49-27-32(25-36(44)48-26-28-14-7-6-8-15-28)41-38(46)35-21-13-19-33-18-11-12-20-34(39(47)43(33)35)42-37(45)31-23-22-29-16-9-10-17-30(29)24-31/h6-12,14-17,22-24,32-35H,13,18-21,25-27H2,1-5H3,(H,41,46)(H,42,45). The summed E-state index contributed by atoms with van der Waals surface area (Å²) in [5.41, 5.74) is 1.34. The zero-order valence-electron chi connectivity index (χ0n) is 29.9. The first-order valence-corrected chi connectivity index (χ1v) is 20.6. The van der Waals surface area contributed by atoms with Crippen molar-refractivity contribution in [3.8, 4) is 0 Å². The number of hydrogen-bond acceptors (Lipinski definition) is 6. The van der Waals surface area contributed by atoms with Gasteiger partial charge in [0.2, 0.25) is 11.8 Å². The smallest absolute Gasteiger partial charge is 0.308 e. The van der Waals surface area contributed by atoms with Gasteiger partial charge in [0.05, 0.1) is 19.1 Å². The summed E-state index contributed by atoms with van der Waals surface area (Å²) in [4.78, 5) is 56.7. The van der Waals surface area contributed by atoms with Gasteiger partial charge in [-0.15, -0.1) is 0 Å². The lowest BCUT2D eigenvalue weighted by atomic mass is 9.90. The lowest BCUT2D eigenvalue weighted by Gasteiger charge is -2.44. The molecule has 1 saturated heterocycles. The van der Waals surface area contributed by atoms with Crippen LogP contribution in [-0.4, -0.2) is 67.7 Å². The minimum atomic E-state index is -2.22. The molecule has 3 aromatic carbocycles. The number of ether oxygens (including phenoxy) is 1. The number of piperidine rings is 1. The minimum absolute atomic E-state index is 0.0650. The Morgan fingerprint density at radius 3 is 2.36 bits per heavy atom. The van der Waals surface area contributed by atoms with E-state index >= 15 is 0 Å². The van der Waals surface area contributed by atoms with Crippen molar-refractivity contribution in [1.82, 2.24) is 15.5 Å². The molecule has 2 heterocycles. The molecule has 4 atom stereocenters. The number of hydrogen-bond donors (Lipinski definition) is 2. The molecule has 0 aliphatic carbocycles. The molecule has 10 heteroatoms. The van der Waals surface area contributed by atoms with Crippen molar-refractivity contribution < 1.29 is 28.3 Å². The molecule has 5 rings (SSSR count). The maximum absolute atomic E-state index is 14.3. The molecule has 4 unspecified atom stereocenters. The Morgan fingerprint density at radius 1 is 0.920 bits per heavy atom. The van der Waals surface area contributed by atoms with Crippen LogP contribution in [0.4, 0.5) is 0 Å². The minimum Gasteiger partial charge on any atom is -0.461 e. The molecule has 9 nitrogen and oxygen atoms in total. The summed E-state index contributed by atoms with van der Waals surface area (Å²) in [6.07, 6.45) is 6.89. The summed E-state index contributed by atoms with van der Waals surface area (Å²) in [7, 11) is -2.22. The van der Waals surface area contributed by atoms with Crippen molar-refractivity contribution in [3.05, 3.63) is 96.1 Å². The lowest BCUT2D eigenvalue weighted by molar-refractivity contribution is -0.149. The van der Waals surface area contributed by atoms with Gasteiger partial charge in [0, 0.05) is 11.6 Å². The van der Waals surface area contributed by atoms with E-state index in [0.29, 0.717) is 24.8 Å². The van der Waals surface area contributed by atoms with E-state index in [4.69, 9.17) is 9.16 Å². The maximum atomic E-state index is 14.3. The van der Waals surface area contributed by atoms with Crippen LogP contribution in [0.2, 0.25) is 18.1 Å². The number of fused-ring (bicyclic) bond motifs is 2. The highest BCUT2D eigenvalue weighted by molar-refractivity contribution is 6.74. The van der Waals surface area contributed by atoms with E-state index in [0.717, 1.165) is 29.2 Å². The van der Waals surface area contributed by atoms with E-state index in [2.05, 4.69) is 44.5 Å². The number of rotatable bonds is 11. The molecule has 0 aromatic heterocycles. The van der Waals surface area contributed by atoms with Gasteiger partial charge in [0.25, 0.3) is 5.91 Å². The van der Waals surface area contributed by atoms with Gasteiger partial charge in [-0.3, -0.25) is 19.2 Å². The highest BCUT2D eigenvalue weighted by Crippen LogP contribution is 2.36. The zero-order valence-corrected chi connectivity index (χ0v) is 30.9. The van der Waals surface area contributed by atoms with E-state index in [1.54, 1.807) is 11.0 Å². The van der Waals surface area contributed by atoms with Gasteiger partial charge in [0.1, 0.15) is 18.7 Å². The number of carbonyl (C=O) groups is 4. The quantitative estimate of drug-likeness (QED) is 0.131. The monoisotopic (exact) mass is 697 g/mol. The molecule has 0 spiro atoms. The first-order valence-electron chi connectivity index (χ1n) is 17.7. The molecule has 0 bridgehead atoms. The number of nitrogens with one attached hydrogen (secondary N) is 2. The SMILES string of the molecule is CC(C)(C)[Si](C)(C)OCC(CC(=O)OCc1ccccc1)NC(=O)C1CCCC2CC=CCC(NC(=O)c3ccc4ccccc4c3)C(=O)N21. The van der Waals surface area contributed by atoms with Gasteiger partial charge < -0.3 is 24.7 Å². The molecule has 0 saturated carbocycles. The molecule has 266 valence electrons. The van der Waals surface area contributed by atoms with Crippen molar-refractivity contribution in [2.24, 2.45) is 0 Å². The van der Waals surface area contributed by atoms with E-state index in [9.17, 15) is 19.2 Å². The third kappa shape index (κ3) is 9.28. The van der Waals surface area contributed by atoms with Crippen LogP contribution in [0.25, 0.3) is 10.8 Å². The van der Waals surface area contributed by atoms with Gasteiger partial charge in [-0.25, -0.2) is 0 Å². The lowest BCUT2D eigenvalue weighted by Crippen LogP contribution is -2.62. The van der Waals surface area contributed by atoms with Crippen LogP contribution in [0.1, 0.15) is 75.2 Å². The van der Waals surface area contributed by atoms with Crippen LogP contribution < -0.4 is 10.6 Å².